The van der Waals surface area contributed by atoms with Crippen LogP contribution in [0.15, 0.2) is 97.1 Å². The molecule has 4 unspecified atom stereocenters. The Morgan fingerprint density at radius 2 is 0.679 bits per heavy atom. The largest absolute Gasteiger partial charge is 0.508 e. The van der Waals surface area contributed by atoms with E-state index in [0.29, 0.717) is 24.7 Å². The zero-order valence-electron chi connectivity index (χ0n) is 32.1. The molecule has 4 aromatic carbocycles. The zero-order valence-corrected chi connectivity index (χ0v) is 32.1. The number of carbonyl (C=O) groups excluding carboxylic acids is 2. The van der Waals surface area contributed by atoms with Crippen LogP contribution >= 0.6 is 0 Å². The third-order valence-electron chi connectivity index (χ3n) is 10.2. The zero-order chi connectivity index (χ0) is 39.1. The third kappa shape index (κ3) is 10.4. The highest BCUT2D eigenvalue weighted by Gasteiger charge is 2.29. The second-order valence-corrected chi connectivity index (χ2v) is 15.1. The molecule has 4 aliphatic rings. The number of ether oxygens (including phenoxy) is 10. The van der Waals surface area contributed by atoms with Gasteiger partial charge >= 0.3 is 12.3 Å². The summed E-state index contributed by atoms with van der Waals surface area (Å²) in [5, 5.41) is 0. The van der Waals surface area contributed by atoms with Crippen LogP contribution in [-0.2, 0) is 39.3 Å². The Balaban J connectivity index is 0.000000175. The molecule has 0 aliphatic carbocycles. The maximum atomic E-state index is 11.0. The van der Waals surface area contributed by atoms with E-state index < -0.39 is 12.3 Å². The molecule has 0 radical (unpaired) electrons. The van der Waals surface area contributed by atoms with Crippen LogP contribution < -0.4 is 18.9 Å². The molecule has 4 heterocycles. The highest BCUT2D eigenvalue weighted by atomic mass is 16.8. The minimum Gasteiger partial charge on any atom is -0.491 e. The molecule has 0 N–H and O–H groups in total. The maximum Gasteiger partial charge on any atom is 0.508 e. The molecular weight excluding hydrogens is 720 g/mol. The summed E-state index contributed by atoms with van der Waals surface area (Å²) in [5.74, 6) is 3.17. The van der Waals surface area contributed by atoms with Crippen LogP contribution in [0.2, 0.25) is 0 Å². The van der Waals surface area contributed by atoms with E-state index in [-0.39, 0.29) is 61.7 Å². The average Bonchev–Trinajstić information content (AvgIpc) is 4.15. The predicted molar refractivity (Wildman–Crippen MR) is 204 cm³/mol. The van der Waals surface area contributed by atoms with Crippen molar-refractivity contribution in [3.8, 4) is 23.0 Å². The van der Waals surface area contributed by atoms with Crippen molar-refractivity contribution < 1.29 is 57.0 Å². The molecular formula is C44H48O12. The molecule has 0 bridgehead atoms. The van der Waals surface area contributed by atoms with Gasteiger partial charge in [0.2, 0.25) is 0 Å². The molecule has 0 amide bonds. The topological polar surface area (TPSA) is 133 Å². The van der Waals surface area contributed by atoms with Crippen molar-refractivity contribution in [3.63, 3.8) is 0 Å². The molecule has 0 spiro atoms. The van der Waals surface area contributed by atoms with Crippen molar-refractivity contribution in [1.29, 1.82) is 0 Å². The fourth-order valence-electron chi connectivity index (χ4n) is 6.18. The van der Waals surface area contributed by atoms with Crippen molar-refractivity contribution >= 4 is 12.3 Å². The predicted octanol–water partition coefficient (Wildman–Crippen LogP) is 7.41. The number of carbonyl (C=O) groups is 2. The van der Waals surface area contributed by atoms with Gasteiger partial charge in [-0.15, -0.1) is 0 Å². The SMILES string of the molecule is CC(C)(c1ccc(OCC2CO2)cc1)c1ccc(OCC2CO2)cc1.CC(C)(c1ccc(OCC2COC(=O)O2)cc1)c1ccc(OCC2COC(=O)O2)cc1. The fourth-order valence-corrected chi connectivity index (χ4v) is 6.18. The van der Waals surface area contributed by atoms with Crippen LogP contribution in [0.25, 0.3) is 0 Å². The smallest absolute Gasteiger partial charge is 0.491 e. The number of benzene rings is 4. The van der Waals surface area contributed by atoms with Gasteiger partial charge in [-0.2, -0.15) is 0 Å². The van der Waals surface area contributed by atoms with E-state index in [4.69, 9.17) is 47.4 Å². The van der Waals surface area contributed by atoms with Gasteiger partial charge in [-0.25, -0.2) is 9.59 Å². The molecule has 12 heteroatoms. The Morgan fingerprint density at radius 3 is 0.893 bits per heavy atom. The van der Waals surface area contributed by atoms with Crippen molar-refractivity contribution in [1.82, 2.24) is 0 Å². The van der Waals surface area contributed by atoms with Crippen molar-refractivity contribution in [3.05, 3.63) is 119 Å². The van der Waals surface area contributed by atoms with Crippen LogP contribution in [0.3, 0.4) is 0 Å². The average molecular weight is 769 g/mol. The lowest BCUT2D eigenvalue weighted by molar-refractivity contribution is 0.0977. The van der Waals surface area contributed by atoms with Gasteiger partial charge in [0.1, 0.15) is 74.8 Å². The summed E-state index contributed by atoms with van der Waals surface area (Å²) in [4.78, 5) is 21.9. The molecule has 0 aromatic heterocycles. The maximum absolute atomic E-state index is 11.0. The molecule has 12 nitrogen and oxygen atoms in total. The monoisotopic (exact) mass is 768 g/mol. The van der Waals surface area contributed by atoms with Crippen molar-refractivity contribution in [2.24, 2.45) is 0 Å². The number of epoxide rings is 2. The van der Waals surface area contributed by atoms with Crippen molar-refractivity contribution in [2.45, 2.75) is 62.9 Å². The highest BCUT2D eigenvalue weighted by molar-refractivity contribution is 5.62. The molecule has 8 rings (SSSR count). The lowest BCUT2D eigenvalue weighted by atomic mass is 9.78. The van der Waals surface area contributed by atoms with Crippen LogP contribution in [0.4, 0.5) is 9.59 Å². The van der Waals surface area contributed by atoms with Gasteiger partial charge in [-0.05, 0) is 70.8 Å². The Kier molecular flexibility index (Phi) is 11.9. The van der Waals surface area contributed by atoms with E-state index in [0.717, 1.165) is 35.8 Å². The second-order valence-electron chi connectivity index (χ2n) is 15.1. The standard InChI is InChI=1S/C23H24O8.C21H24O4/c1-23(2,15-3-7-17(8-4-15)26-11-19-13-28-21(24)30-19)16-5-9-18(10-6-16)27-12-20-14-29-22(25)31-20;1-21(2,15-3-7-17(8-4-15)22-11-19-13-24-19)16-5-9-18(10-6-16)23-12-20-14-25-20/h3-10,19-20H,11-14H2,1-2H3;3-10,19-20H,11-14H2,1-2H3. The Labute approximate surface area is 326 Å². The van der Waals surface area contributed by atoms with Gasteiger partial charge in [0, 0.05) is 10.8 Å². The first-order valence-corrected chi connectivity index (χ1v) is 18.8. The first-order chi connectivity index (χ1) is 27.0. The first kappa shape index (κ1) is 38.8. The Morgan fingerprint density at radius 1 is 0.429 bits per heavy atom. The van der Waals surface area contributed by atoms with Crippen LogP contribution in [0, 0.1) is 0 Å². The van der Waals surface area contributed by atoms with Crippen LogP contribution in [0.1, 0.15) is 49.9 Å². The second kappa shape index (κ2) is 17.1. The highest BCUT2D eigenvalue weighted by Crippen LogP contribution is 2.35. The molecule has 4 aromatic rings. The van der Waals surface area contributed by atoms with Crippen LogP contribution in [0.5, 0.6) is 23.0 Å². The summed E-state index contributed by atoms with van der Waals surface area (Å²) in [6.45, 7) is 12.6. The summed E-state index contributed by atoms with van der Waals surface area (Å²) in [6, 6.07) is 32.4. The number of hydrogen-bond acceptors (Lipinski definition) is 12. The summed E-state index contributed by atoms with van der Waals surface area (Å²) in [6.07, 6.45) is -1.50. The van der Waals surface area contributed by atoms with Gasteiger partial charge in [0.25, 0.3) is 0 Å². The van der Waals surface area contributed by atoms with Gasteiger partial charge < -0.3 is 47.4 Å². The first-order valence-electron chi connectivity index (χ1n) is 18.8. The molecule has 4 atom stereocenters. The number of hydrogen-bond donors (Lipinski definition) is 0. The van der Waals surface area contributed by atoms with E-state index in [9.17, 15) is 9.59 Å². The normalized spacial score (nSPS) is 21.0. The minimum atomic E-state index is -0.655. The third-order valence-corrected chi connectivity index (χ3v) is 10.2. The molecule has 4 saturated heterocycles. The van der Waals surface area contributed by atoms with E-state index in [1.165, 1.54) is 11.1 Å². The number of rotatable bonds is 16. The van der Waals surface area contributed by atoms with Gasteiger partial charge in [0.15, 0.2) is 12.2 Å². The summed E-state index contributed by atoms with van der Waals surface area (Å²) >= 11 is 0. The summed E-state index contributed by atoms with van der Waals surface area (Å²) in [7, 11) is 0. The molecule has 4 aliphatic heterocycles. The van der Waals surface area contributed by atoms with Crippen LogP contribution in [-0.4, -0.2) is 89.6 Å². The lowest BCUT2D eigenvalue weighted by Gasteiger charge is -2.26. The van der Waals surface area contributed by atoms with Gasteiger partial charge in [-0.3, -0.25) is 0 Å². The fraction of sp³-hybridized carbons (Fsp3) is 0.409. The molecule has 0 saturated carbocycles. The lowest BCUT2D eigenvalue weighted by Crippen LogP contribution is -2.21. The quantitative estimate of drug-likeness (QED) is 0.0831. The van der Waals surface area contributed by atoms with E-state index >= 15 is 0 Å². The Hall–Kier alpha value is -5.46. The van der Waals surface area contributed by atoms with E-state index in [1.807, 2.05) is 72.8 Å². The van der Waals surface area contributed by atoms with Gasteiger partial charge in [0.05, 0.1) is 13.2 Å². The Bertz CT molecular complexity index is 1760. The van der Waals surface area contributed by atoms with E-state index in [2.05, 4.69) is 52.0 Å². The minimum absolute atomic E-state index is 0.0870. The molecule has 296 valence electrons. The van der Waals surface area contributed by atoms with Gasteiger partial charge in [-0.1, -0.05) is 76.2 Å². The number of cyclic esters (lactones) is 4. The molecule has 4 fully saturated rings. The summed E-state index contributed by atoms with van der Waals surface area (Å²) < 4.78 is 52.5. The molecule has 56 heavy (non-hydrogen) atoms. The van der Waals surface area contributed by atoms with Crippen molar-refractivity contribution in [2.75, 3.05) is 52.9 Å². The van der Waals surface area contributed by atoms with E-state index in [1.54, 1.807) is 0 Å². The summed E-state index contributed by atoms with van der Waals surface area (Å²) in [5.41, 5.74) is 4.43.